The third kappa shape index (κ3) is 5.17. The highest BCUT2D eigenvalue weighted by Crippen LogP contribution is 2.25. The smallest absolute Gasteiger partial charge is 0.255 e. The van der Waals surface area contributed by atoms with E-state index < -0.39 is 0 Å². The molecule has 0 spiro atoms. The number of benzene rings is 3. The second-order valence-corrected chi connectivity index (χ2v) is 9.11. The van der Waals surface area contributed by atoms with Gasteiger partial charge in [0.1, 0.15) is 5.75 Å². The van der Waals surface area contributed by atoms with E-state index in [1.165, 1.54) is 11.8 Å². The van der Waals surface area contributed by atoms with Crippen LogP contribution in [-0.2, 0) is 6.42 Å². The fourth-order valence-corrected chi connectivity index (χ4v) is 4.70. The van der Waals surface area contributed by atoms with Gasteiger partial charge in [-0.3, -0.25) is 9.59 Å². The zero-order valence-electron chi connectivity index (χ0n) is 18.9. The molecule has 0 aliphatic carbocycles. The predicted octanol–water partition coefficient (Wildman–Crippen LogP) is 5.62. The van der Waals surface area contributed by atoms with Gasteiger partial charge in [-0.1, -0.05) is 68.1 Å². The average Bonchev–Trinajstić information content (AvgIpc) is 2.82. The monoisotopic (exact) mass is 458 g/mol. The number of methoxy groups -OCH3 is 1. The normalized spacial score (nSPS) is 11.2. The van der Waals surface area contributed by atoms with Gasteiger partial charge in [-0.15, -0.1) is 0 Å². The average molecular weight is 459 g/mol. The molecule has 3 aromatic carbocycles. The third-order valence-corrected chi connectivity index (χ3v) is 6.45. The minimum Gasteiger partial charge on any atom is -0.497 e. The lowest BCUT2D eigenvalue weighted by atomic mass is 9.95. The standard InChI is InChI=1S/C27H26N2O3S/c1-17(2)25-23(15-20-9-6-8-18-7-4-5-10-22(18)20)28-27(29-26(25)31)33-16-24(30)19-11-13-21(32-3)14-12-19/h4-14,17H,15-16H2,1-3H3,(H,28,29,31). The first-order chi connectivity index (χ1) is 16.0. The topological polar surface area (TPSA) is 72.0 Å². The molecule has 0 atom stereocenters. The first-order valence-corrected chi connectivity index (χ1v) is 11.8. The van der Waals surface area contributed by atoms with Crippen molar-refractivity contribution in [1.82, 2.24) is 9.97 Å². The van der Waals surface area contributed by atoms with E-state index >= 15 is 0 Å². The van der Waals surface area contributed by atoms with Crippen molar-refractivity contribution in [1.29, 1.82) is 0 Å². The maximum Gasteiger partial charge on any atom is 0.255 e. The number of thioether (sulfide) groups is 1. The van der Waals surface area contributed by atoms with E-state index in [0.717, 1.165) is 22.0 Å². The van der Waals surface area contributed by atoms with Crippen molar-refractivity contribution in [3.8, 4) is 5.75 Å². The van der Waals surface area contributed by atoms with Crippen molar-refractivity contribution in [3.05, 3.63) is 99.5 Å². The van der Waals surface area contributed by atoms with Crippen LogP contribution in [0.15, 0.2) is 76.7 Å². The van der Waals surface area contributed by atoms with Gasteiger partial charge in [-0.2, -0.15) is 0 Å². The second kappa shape index (κ2) is 10.0. The molecule has 33 heavy (non-hydrogen) atoms. The number of aromatic amines is 1. The van der Waals surface area contributed by atoms with Crippen LogP contribution in [0.5, 0.6) is 5.75 Å². The van der Waals surface area contributed by atoms with Crippen LogP contribution in [0, 0.1) is 0 Å². The second-order valence-electron chi connectivity index (χ2n) is 8.14. The summed E-state index contributed by atoms with van der Waals surface area (Å²) < 4.78 is 5.14. The van der Waals surface area contributed by atoms with Gasteiger partial charge in [0, 0.05) is 17.5 Å². The SMILES string of the molecule is COc1ccc(C(=O)CSc2nc(Cc3cccc4ccccc34)c(C(C)C)c(=O)[nH]2)cc1. The zero-order chi connectivity index (χ0) is 23.4. The number of rotatable bonds is 8. The Kier molecular flexibility index (Phi) is 6.94. The van der Waals surface area contributed by atoms with Gasteiger partial charge < -0.3 is 9.72 Å². The van der Waals surface area contributed by atoms with Crippen molar-refractivity contribution >= 4 is 28.3 Å². The lowest BCUT2D eigenvalue weighted by Crippen LogP contribution is -2.20. The summed E-state index contributed by atoms with van der Waals surface area (Å²) in [4.78, 5) is 33.2. The van der Waals surface area contributed by atoms with E-state index in [1.807, 2.05) is 32.0 Å². The molecular weight excluding hydrogens is 432 g/mol. The summed E-state index contributed by atoms with van der Waals surface area (Å²) in [5.41, 5.74) is 3.02. The fourth-order valence-electron chi connectivity index (χ4n) is 3.93. The van der Waals surface area contributed by atoms with Crippen molar-refractivity contribution in [2.45, 2.75) is 31.3 Å². The number of fused-ring (bicyclic) bond motifs is 1. The number of carbonyl (C=O) groups excluding carboxylic acids is 1. The van der Waals surface area contributed by atoms with Crippen LogP contribution in [0.4, 0.5) is 0 Å². The Morgan fingerprint density at radius 3 is 2.48 bits per heavy atom. The molecule has 0 unspecified atom stereocenters. The molecule has 0 saturated carbocycles. The maximum absolute atomic E-state index is 12.9. The van der Waals surface area contributed by atoms with E-state index in [2.05, 4.69) is 29.2 Å². The highest BCUT2D eigenvalue weighted by atomic mass is 32.2. The van der Waals surface area contributed by atoms with Crippen molar-refractivity contribution in [2.24, 2.45) is 0 Å². The molecule has 0 bridgehead atoms. The minimum absolute atomic E-state index is 0.0335. The van der Waals surface area contributed by atoms with E-state index in [-0.39, 0.29) is 23.0 Å². The Hall–Kier alpha value is -3.38. The van der Waals surface area contributed by atoms with Gasteiger partial charge in [0.05, 0.1) is 18.6 Å². The van der Waals surface area contributed by atoms with Crippen molar-refractivity contribution < 1.29 is 9.53 Å². The molecule has 0 aliphatic heterocycles. The highest BCUT2D eigenvalue weighted by molar-refractivity contribution is 7.99. The number of ketones is 1. The van der Waals surface area contributed by atoms with Crippen LogP contribution in [0.25, 0.3) is 10.8 Å². The summed E-state index contributed by atoms with van der Waals surface area (Å²) >= 11 is 1.25. The molecule has 4 aromatic rings. The first-order valence-electron chi connectivity index (χ1n) is 10.9. The minimum atomic E-state index is -0.144. The van der Waals surface area contributed by atoms with E-state index in [0.29, 0.717) is 28.5 Å². The summed E-state index contributed by atoms with van der Waals surface area (Å²) in [6.45, 7) is 4.00. The van der Waals surface area contributed by atoms with Crippen molar-refractivity contribution in [3.63, 3.8) is 0 Å². The van der Waals surface area contributed by atoms with Crippen LogP contribution in [0.2, 0.25) is 0 Å². The molecule has 1 N–H and O–H groups in total. The number of nitrogens with one attached hydrogen (secondary N) is 1. The van der Waals surface area contributed by atoms with Crippen molar-refractivity contribution in [2.75, 3.05) is 12.9 Å². The molecule has 0 aliphatic rings. The van der Waals surface area contributed by atoms with Gasteiger partial charge in [0.2, 0.25) is 0 Å². The number of H-pyrrole nitrogens is 1. The van der Waals surface area contributed by atoms with Crippen LogP contribution < -0.4 is 10.3 Å². The number of aromatic nitrogens is 2. The third-order valence-electron chi connectivity index (χ3n) is 5.58. The zero-order valence-corrected chi connectivity index (χ0v) is 19.7. The van der Waals surface area contributed by atoms with Gasteiger partial charge >= 0.3 is 0 Å². The molecule has 1 heterocycles. The van der Waals surface area contributed by atoms with Gasteiger partial charge in [-0.25, -0.2) is 4.98 Å². The van der Waals surface area contributed by atoms with E-state index in [4.69, 9.17) is 9.72 Å². The van der Waals surface area contributed by atoms with Gasteiger partial charge in [-0.05, 0) is 46.5 Å². The number of ether oxygens (including phenoxy) is 1. The number of hydrogen-bond donors (Lipinski definition) is 1. The lowest BCUT2D eigenvalue weighted by Gasteiger charge is -2.14. The summed E-state index contributed by atoms with van der Waals surface area (Å²) in [6.07, 6.45) is 0.554. The Morgan fingerprint density at radius 1 is 1.03 bits per heavy atom. The molecule has 0 radical (unpaired) electrons. The Balaban J connectivity index is 1.61. The predicted molar refractivity (Wildman–Crippen MR) is 134 cm³/mol. The summed E-state index contributed by atoms with van der Waals surface area (Å²) in [5.74, 6) is 0.886. The Morgan fingerprint density at radius 2 is 1.76 bits per heavy atom. The quantitative estimate of drug-likeness (QED) is 0.211. The lowest BCUT2D eigenvalue weighted by molar-refractivity contribution is 0.102. The molecule has 4 rings (SSSR count). The van der Waals surface area contributed by atoms with E-state index in [1.54, 1.807) is 31.4 Å². The number of Topliss-reactive ketones (excluding diaryl/α,β-unsaturated/α-hetero) is 1. The van der Waals surface area contributed by atoms with Crippen LogP contribution in [-0.4, -0.2) is 28.6 Å². The van der Waals surface area contributed by atoms with Crippen LogP contribution >= 0.6 is 11.8 Å². The summed E-state index contributed by atoms with van der Waals surface area (Å²) in [7, 11) is 1.59. The summed E-state index contributed by atoms with van der Waals surface area (Å²) in [5, 5.41) is 2.77. The first kappa shape index (κ1) is 22.8. The van der Waals surface area contributed by atoms with Crippen LogP contribution in [0.3, 0.4) is 0 Å². The number of carbonyl (C=O) groups is 1. The molecule has 1 aromatic heterocycles. The highest BCUT2D eigenvalue weighted by Gasteiger charge is 2.17. The molecule has 0 amide bonds. The molecule has 5 nitrogen and oxygen atoms in total. The Labute approximate surface area is 197 Å². The van der Waals surface area contributed by atoms with Gasteiger partial charge in [0.25, 0.3) is 5.56 Å². The molecule has 6 heteroatoms. The molecule has 0 saturated heterocycles. The van der Waals surface area contributed by atoms with Crippen LogP contribution in [0.1, 0.15) is 46.9 Å². The number of hydrogen-bond acceptors (Lipinski definition) is 5. The molecule has 168 valence electrons. The fraction of sp³-hybridized carbons (Fsp3) is 0.222. The largest absolute Gasteiger partial charge is 0.497 e. The molecule has 0 fully saturated rings. The molecular formula is C27H26N2O3S. The summed E-state index contributed by atoms with van der Waals surface area (Å²) in [6, 6.07) is 21.4. The number of nitrogens with zero attached hydrogens (tertiary/aromatic N) is 1. The Bertz CT molecular complexity index is 1340. The maximum atomic E-state index is 12.9. The van der Waals surface area contributed by atoms with E-state index in [9.17, 15) is 9.59 Å². The van der Waals surface area contributed by atoms with Gasteiger partial charge in [0.15, 0.2) is 10.9 Å².